The van der Waals surface area contributed by atoms with Crippen molar-refractivity contribution in [2.24, 2.45) is 0 Å². The Labute approximate surface area is 189 Å². The molecule has 32 heavy (non-hydrogen) atoms. The summed E-state index contributed by atoms with van der Waals surface area (Å²) in [4.78, 5) is 20.2. The van der Waals surface area contributed by atoms with Gasteiger partial charge in [-0.3, -0.25) is 14.3 Å². The molecule has 6 nitrogen and oxygen atoms in total. The molecule has 0 saturated heterocycles. The highest BCUT2D eigenvalue weighted by molar-refractivity contribution is 7.75. The van der Waals surface area contributed by atoms with E-state index in [4.69, 9.17) is 16.1 Å². The normalized spacial score (nSPS) is 13.1. The number of aromatic nitrogens is 2. The van der Waals surface area contributed by atoms with Crippen LogP contribution in [0.2, 0.25) is 5.02 Å². The number of carbonyl (C=O) groups excluding carboxylic acids is 1. The molecule has 2 N–H and O–H groups in total. The third-order valence-electron chi connectivity index (χ3n) is 5.08. The van der Waals surface area contributed by atoms with Crippen LogP contribution in [-0.2, 0) is 15.6 Å². The molecule has 2 aromatic heterocycles. The summed E-state index contributed by atoms with van der Waals surface area (Å²) in [5.41, 5.74) is 2.07. The number of aryl methyl sites for hydroxylation is 1. The third kappa shape index (κ3) is 4.19. The fourth-order valence-electron chi connectivity index (χ4n) is 3.60. The molecule has 0 spiro atoms. The topological polar surface area (TPSA) is 84.1 Å². The minimum Gasteiger partial charge on any atom is -0.350 e. The number of aromatic amines is 1. The van der Waals surface area contributed by atoms with Crippen LogP contribution in [-0.4, -0.2) is 23.0 Å². The molecule has 0 aliphatic rings. The molecule has 9 heteroatoms. The van der Waals surface area contributed by atoms with Crippen molar-refractivity contribution in [2.45, 2.75) is 13.5 Å². The molecule has 0 aliphatic carbocycles. The molecule has 2 heterocycles. The summed E-state index contributed by atoms with van der Waals surface area (Å²) in [6.07, 6.45) is 3.26. The molecule has 4 aromatic rings. The van der Waals surface area contributed by atoms with E-state index in [1.807, 2.05) is 0 Å². The molecule has 0 saturated carbocycles. The molecule has 4 rings (SSSR count). The Morgan fingerprint density at radius 2 is 1.94 bits per heavy atom. The van der Waals surface area contributed by atoms with E-state index in [-0.39, 0.29) is 22.8 Å². The Bertz CT molecular complexity index is 1340. The first-order valence-electron chi connectivity index (χ1n) is 9.74. The zero-order valence-electron chi connectivity index (χ0n) is 17.4. The van der Waals surface area contributed by atoms with E-state index < -0.39 is 19.1 Å². The first-order valence-corrected chi connectivity index (χ1v) is 11.7. The Kier molecular flexibility index (Phi) is 6.15. The third-order valence-corrected chi connectivity index (χ3v) is 7.82. The van der Waals surface area contributed by atoms with Gasteiger partial charge in [0, 0.05) is 47.3 Å². The number of rotatable bonds is 6. The Morgan fingerprint density at radius 1 is 1.19 bits per heavy atom. The Hall–Kier alpha value is -2.99. The summed E-state index contributed by atoms with van der Waals surface area (Å²) in [6, 6.07) is 12.6. The van der Waals surface area contributed by atoms with E-state index in [2.05, 4.69) is 15.3 Å². The lowest BCUT2D eigenvalue weighted by Gasteiger charge is -2.19. The molecule has 1 atom stereocenters. The van der Waals surface area contributed by atoms with Crippen molar-refractivity contribution in [3.05, 3.63) is 88.6 Å². The largest absolute Gasteiger partial charge is 0.350 e. The molecular weight excluding hydrogens is 452 g/mol. The predicted octanol–water partition coefficient (Wildman–Crippen LogP) is 4.47. The maximum Gasteiger partial charge on any atom is 0.268 e. The molecule has 2 aromatic carbocycles. The lowest BCUT2D eigenvalue weighted by Crippen LogP contribution is -2.30. The van der Waals surface area contributed by atoms with Gasteiger partial charge in [0.05, 0.1) is 5.30 Å². The molecule has 1 amide bonds. The average molecular weight is 472 g/mol. The van der Waals surface area contributed by atoms with Gasteiger partial charge in [0.1, 0.15) is 11.5 Å². The van der Waals surface area contributed by atoms with Gasteiger partial charge in [0.15, 0.2) is 0 Å². The van der Waals surface area contributed by atoms with Gasteiger partial charge in [-0.25, -0.2) is 4.39 Å². The van der Waals surface area contributed by atoms with Gasteiger partial charge in [-0.2, -0.15) is 0 Å². The van der Waals surface area contributed by atoms with Crippen LogP contribution in [0, 0.1) is 12.7 Å². The first kappa shape index (κ1) is 22.2. The van der Waals surface area contributed by atoms with Crippen molar-refractivity contribution in [3.8, 4) is 0 Å². The van der Waals surface area contributed by atoms with Crippen molar-refractivity contribution in [2.75, 3.05) is 7.11 Å². The molecular formula is C23H20ClFN3O3P. The number of amides is 1. The van der Waals surface area contributed by atoms with E-state index in [1.54, 1.807) is 55.7 Å². The predicted molar refractivity (Wildman–Crippen MR) is 124 cm³/mol. The maximum absolute atomic E-state index is 14.2. The number of H-pyrrole nitrogens is 1. The zero-order valence-corrected chi connectivity index (χ0v) is 19.0. The van der Waals surface area contributed by atoms with Gasteiger partial charge in [-0.05, 0) is 66.6 Å². The van der Waals surface area contributed by atoms with E-state index in [0.717, 1.165) is 5.56 Å². The number of benzene rings is 2. The highest BCUT2D eigenvalue weighted by atomic mass is 35.5. The van der Waals surface area contributed by atoms with E-state index in [9.17, 15) is 13.8 Å². The van der Waals surface area contributed by atoms with Crippen molar-refractivity contribution in [3.63, 3.8) is 0 Å². The van der Waals surface area contributed by atoms with Crippen molar-refractivity contribution >= 4 is 46.4 Å². The summed E-state index contributed by atoms with van der Waals surface area (Å²) in [5, 5.41) is 4.00. The molecule has 0 bridgehead atoms. The number of carbonyl (C=O) groups is 1. The number of hydrogen-bond acceptors (Lipinski definition) is 4. The summed E-state index contributed by atoms with van der Waals surface area (Å²) < 4.78 is 33.9. The van der Waals surface area contributed by atoms with Crippen LogP contribution in [0.4, 0.5) is 4.39 Å². The Balaban J connectivity index is 1.87. The zero-order chi connectivity index (χ0) is 22.9. The summed E-state index contributed by atoms with van der Waals surface area (Å²) in [5.74, 6) is -1.02. The van der Waals surface area contributed by atoms with E-state index >= 15 is 0 Å². The highest BCUT2D eigenvalue weighted by Crippen LogP contribution is 2.47. The fourth-order valence-corrected chi connectivity index (χ4v) is 6.05. The number of nitrogens with zero attached hydrogens (tertiary/aromatic N) is 1. The maximum atomic E-state index is 14.2. The van der Waals surface area contributed by atoms with Gasteiger partial charge in [-0.15, -0.1) is 0 Å². The molecule has 1 unspecified atom stereocenters. The number of halogens is 2. The summed E-state index contributed by atoms with van der Waals surface area (Å²) >= 11 is 6.20. The van der Waals surface area contributed by atoms with E-state index in [1.165, 1.54) is 19.2 Å². The number of hydrogen-bond donors (Lipinski definition) is 2. The van der Waals surface area contributed by atoms with Gasteiger partial charge in [0.25, 0.3) is 13.3 Å². The van der Waals surface area contributed by atoms with Gasteiger partial charge in [-0.1, -0.05) is 11.6 Å². The second-order valence-corrected chi connectivity index (χ2v) is 10.2. The van der Waals surface area contributed by atoms with Crippen molar-refractivity contribution in [1.29, 1.82) is 0 Å². The van der Waals surface area contributed by atoms with Gasteiger partial charge in [0.2, 0.25) is 0 Å². The van der Waals surface area contributed by atoms with E-state index in [0.29, 0.717) is 21.5 Å². The summed E-state index contributed by atoms with van der Waals surface area (Å²) in [6.45, 7) is 1.94. The fraction of sp³-hybridized carbons (Fsp3) is 0.130. The van der Waals surface area contributed by atoms with Crippen molar-refractivity contribution in [1.82, 2.24) is 15.3 Å². The molecule has 0 radical (unpaired) electrons. The van der Waals surface area contributed by atoms with Crippen LogP contribution < -0.4 is 15.9 Å². The molecule has 0 fully saturated rings. The highest BCUT2D eigenvalue weighted by Gasteiger charge is 2.36. The van der Waals surface area contributed by atoms with Gasteiger partial charge >= 0.3 is 0 Å². The van der Waals surface area contributed by atoms with Gasteiger partial charge < -0.3 is 14.8 Å². The van der Waals surface area contributed by atoms with Crippen LogP contribution in [0.5, 0.6) is 0 Å². The number of fused-ring (bicyclic) bond motifs is 1. The molecule has 0 aliphatic heterocycles. The monoisotopic (exact) mass is 471 g/mol. The van der Waals surface area contributed by atoms with Crippen LogP contribution in [0.3, 0.4) is 0 Å². The van der Waals surface area contributed by atoms with Crippen LogP contribution in [0.25, 0.3) is 10.9 Å². The minimum absolute atomic E-state index is 0.0726. The lowest BCUT2D eigenvalue weighted by atomic mass is 10.2. The minimum atomic E-state index is -3.86. The first-order chi connectivity index (χ1) is 15.3. The average Bonchev–Trinajstić information content (AvgIpc) is 3.16. The smallest absolute Gasteiger partial charge is 0.268 e. The standard InChI is InChI=1S/C23H20ClFN3O3P/c1-14-9-17(25)12-18(10-14)32(30,31-2)22-19-11-16(24)3-4-20(19)28-21(22)23(29)27-13-15-5-7-26-8-6-15/h3-12,28H,13H2,1-2H3,(H,27,29). The molecule has 164 valence electrons. The Morgan fingerprint density at radius 3 is 2.62 bits per heavy atom. The number of pyridine rings is 1. The summed E-state index contributed by atoms with van der Waals surface area (Å²) in [7, 11) is -2.58. The second-order valence-electron chi connectivity index (χ2n) is 7.30. The quantitative estimate of drug-likeness (QED) is 0.406. The van der Waals surface area contributed by atoms with Crippen LogP contribution in [0.15, 0.2) is 60.9 Å². The number of nitrogens with one attached hydrogen (secondary N) is 2. The van der Waals surface area contributed by atoms with Crippen molar-refractivity contribution < 1.29 is 18.3 Å². The second kappa shape index (κ2) is 8.87. The lowest BCUT2D eigenvalue weighted by molar-refractivity contribution is 0.0947. The van der Waals surface area contributed by atoms with Crippen LogP contribution in [0.1, 0.15) is 21.6 Å². The SMILES string of the molecule is COP(=O)(c1cc(C)cc(F)c1)c1c(C(=O)NCc2ccncc2)[nH]c2ccc(Cl)cc12. The van der Waals surface area contributed by atoms with Crippen LogP contribution >= 0.6 is 19.0 Å².